The van der Waals surface area contributed by atoms with E-state index in [0.29, 0.717) is 15.7 Å². The monoisotopic (exact) mass is 322 g/mol. The highest BCUT2D eigenvalue weighted by atomic mass is 35.5. The van der Waals surface area contributed by atoms with Gasteiger partial charge in [0.25, 0.3) is 0 Å². The van der Waals surface area contributed by atoms with Crippen LogP contribution in [-0.4, -0.2) is 12.5 Å². The van der Waals surface area contributed by atoms with E-state index >= 15 is 0 Å². The van der Waals surface area contributed by atoms with Crippen molar-refractivity contribution in [3.63, 3.8) is 0 Å². The van der Waals surface area contributed by atoms with Gasteiger partial charge in [-0.25, -0.2) is 0 Å². The lowest BCUT2D eigenvalue weighted by Crippen LogP contribution is -2.22. The lowest BCUT2D eigenvalue weighted by atomic mass is 10.2. The molecule has 3 nitrogen and oxygen atoms in total. The molecule has 2 aromatic carbocycles. The molecule has 0 unspecified atom stereocenters. The van der Waals surface area contributed by atoms with Crippen LogP contribution in [0.4, 0.5) is 11.4 Å². The van der Waals surface area contributed by atoms with Gasteiger partial charge in [0.1, 0.15) is 0 Å². The molecule has 0 fully saturated rings. The first-order valence-corrected chi connectivity index (χ1v) is 7.28. The van der Waals surface area contributed by atoms with E-state index in [1.165, 1.54) is 0 Å². The molecule has 0 saturated heterocycles. The molecule has 2 N–H and O–H groups in total. The number of rotatable bonds is 4. The third-order valence-electron chi connectivity index (χ3n) is 3.11. The van der Waals surface area contributed by atoms with Crippen molar-refractivity contribution in [2.75, 3.05) is 17.2 Å². The van der Waals surface area contributed by atoms with Crippen molar-refractivity contribution in [2.45, 2.75) is 13.8 Å². The molecule has 0 aromatic heterocycles. The topological polar surface area (TPSA) is 41.1 Å². The van der Waals surface area contributed by atoms with Crippen molar-refractivity contribution >= 4 is 40.5 Å². The number of amides is 1. The first-order valence-electron chi connectivity index (χ1n) is 6.52. The summed E-state index contributed by atoms with van der Waals surface area (Å²) in [5, 5.41) is 7.04. The van der Waals surface area contributed by atoms with Crippen molar-refractivity contribution < 1.29 is 4.79 Å². The summed E-state index contributed by atoms with van der Waals surface area (Å²) in [6.07, 6.45) is 0. The van der Waals surface area contributed by atoms with Gasteiger partial charge >= 0.3 is 0 Å². The fourth-order valence-corrected chi connectivity index (χ4v) is 2.35. The molecule has 21 heavy (non-hydrogen) atoms. The molecule has 110 valence electrons. The summed E-state index contributed by atoms with van der Waals surface area (Å²) < 4.78 is 0. The van der Waals surface area contributed by atoms with Crippen molar-refractivity contribution in [1.82, 2.24) is 0 Å². The number of hydrogen-bond acceptors (Lipinski definition) is 2. The number of nitrogens with one attached hydrogen (secondary N) is 2. The molecular weight excluding hydrogens is 307 g/mol. The number of carbonyl (C=O) groups is 1. The second-order valence-corrected chi connectivity index (χ2v) is 5.61. The van der Waals surface area contributed by atoms with Crippen molar-refractivity contribution in [1.29, 1.82) is 0 Å². The summed E-state index contributed by atoms with van der Waals surface area (Å²) in [5.74, 6) is -0.167. The van der Waals surface area contributed by atoms with Crippen molar-refractivity contribution in [2.24, 2.45) is 0 Å². The van der Waals surface area contributed by atoms with Gasteiger partial charge in [0.2, 0.25) is 5.91 Å². The molecule has 0 aliphatic carbocycles. The molecule has 5 heteroatoms. The molecule has 0 heterocycles. The zero-order valence-corrected chi connectivity index (χ0v) is 13.3. The number of halogens is 2. The highest BCUT2D eigenvalue weighted by Crippen LogP contribution is 2.24. The maximum absolute atomic E-state index is 12.0. The first-order chi connectivity index (χ1) is 9.97. The minimum atomic E-state index is -0.167. The van der Waals surface area contributed by atoms with E-state index in [4.69, 9.17) is 23.2 Å². The van der Waals surface area contributed by atoms with E-state index in [1.807, 2.05) is 44.2 Å². The smallest absolute Gasteiger partial charge is 0.243 e. The Hall–Kier alpha value is -1.71. The molecular formula is C16H16Cl2N2O. The minimum absolute atomic E-state index is 0.144. The van der Waals surface area contributed by atoms with E-state index in [2.05, 4.69) is 10.6 Å². The molecule has 2 rings (SSSR count). The number of aryl methyl sites for hydroxylation is 1. The molecule has 0 aliphatic rings. The van der Waals surface area contributed by atoms with E-state index in [-0.39, 0.29) is 12.5 Å². The quantitative estimate of drug-likeness (QED) is 0.859. The Balaban J connectivity index is 1.97. The summed E-state index contributed by atoms with van der Waals surface area (Å²) in [4.78, 5) is 12.0. The Bertz CT molecular complexity index is 671. The van der Waals surface area contributed by atoms with Gasteiger partial charge < -0.3 is 10.6 Å². The van der Waals surface area contributed by atoms with Gasteiger partial charge in [-0.1, -0.05) is 35.3 Å². The Kier molecular flexibility index (Phi) is 5.10. The minimum Gasteiger partial charge on any atom is -0.376 e. The van der Waals surface area contributed by atoms with Gasteiger partial charge in [-0.3, -0.25) is 4.79 Å². The normalized spacial score (nSPS) is 10.3. The van der Waals surface area contributed by atoms with Crippen LogP contribution >= 0.6 is 23.2 Å². The standard InChI is InChI=1S/C16H16Cl2N2O/c1-10-6-7-15(13(18)8-10)20-16(21)9-19-14-5-3-4-12(17)11(14)2/h3-8,19H,9H2,1-2H3,(H,20,21). The second-order valence-electron chi connectivity index (χ2n) is 4.80. The molecule has 0 aliphatic heterocycles. The van der Waals surface area contributed by atoms with Crippen LogP contribution in [0.3, 0.4) is 0 Å². The summed E-state index contributed by atoms with van der Waals surface area (Å²) in [6.45, 7) is 3.99. The first kappa shape index (κ1) is 15.7. The largest absolute Gasteiger partial charge is 0.376 e. The predicted molar refractivity (Wildman–Crippen MR) is 89.5 cm³/mol. The van der Waals surface area contributed by atoms with Crippen molar-refractivity contribution in [3.05, 3.63) is 57.6 Å². The van der Waals surface area contributed by atoms with Crippen LogP contribution in [0.1, 0.15) is 11.1 Å². The third kappa shape index (κ3) is 4.13. The van der Waals surface area contributed by atoms with Gasteiger partial charge in [-0.2, -0.15) is 0 Å². The van der Waals surface area contributed by atoms with Crippen LogP contribution in [-0.2, 0) is 4.79 Å². The van der Waals surface area contributed by atoms with E-state index in [1.54, 1.807) is 6.07 Å². The maximum Gasteiger partial charge on any atom is 0.243 e. The zero-order chi connectivity index (χ0) is 15.4. The molecule has 0 spiro atoms. The summed E-state index contributed by atoms with van der Waals surface area (Å²) in [5.41, 5.74) is 3.41. The van der Waals surface area contributed by atoms with E-state index in [9.17, 15) is 4.79 Å². The molecule has 2 aromatic rings. The van der Waals surface area contributed by atoms with Crippen molar-refractivity contribution in [3.8, 4) is 0 Å². The lowest BCUT2D eigenvalue weighted by molar-refractivity contribution is -0.114. The predicted octanol–water partition coefficient (Wildman–Crippen LogP) is 4.66. The number of anilines is 2. The fraction of sp³-hybridized carbons (Fsp3) is 0.188. The number of hydrogen-bond donors (Lipinski definition) is 2. The van der Waals surface area contributed by atoms with Gasteiger partial charge in [0.15, 0.2) is 0 Å². The van der Waals surface area contributed by atoms with E-state index in [0.717, 1.165) is 16.8 Å². The van der Waals surface area contributed by atoms with Crippen LogP contribution in [0, 0.1) is 13.8 Å². The average Bonchev–Trinajstić information content (AvgIpc) is 2.43. The van der Waals surface area contributed by atoms with Gasteiger partial charge in [-0.05, 0) is 49.2 Å². The highest BCUT2D eigenvalue weighted by Gasteiger charge is 2.07. The van der Waals surface area contributed by atoms with Gasteiger partial charge in [-0.15, -0.1) is 0 Å². The number of benzene rings is 2. The van der Waals surface area contributed by atoms with Gasteiger partial charge in [0, 0.05) is 10.7 Å². The van der Waals surface area contributed by atoms with Crippen LogP contribution < -0.4 is 10.6 Å². The van der Waals surface area contributed by atoms with Crippen LogP contribution in [0.25, 0.3) is 0 Å². The Labute approximate surface area is 134 Å². The highest BCUT2D eigenvalue weighted by molar-refractivity contribution is 6.33. The zero-order valence-electron chi connectivity index (χ0n) is 11.8. The maximum atomic E-state index is 12.0. The average molecular weight is 323 g/mol. The Morgan fingerprint density at radius 3 is 2.52 bits per heavy atom. The molecule has 0 atom stereocenters. The van der Waals surface area contributed by atoms with Crippen LogP contribution in [0.15, 0.2) is 36.4 Å². The fourth-order valence-electron chi connectivity index (χ4n) is 1.89. The molecule has 0 saturated carbocycles. The molecule has 0 radical (unpaired) electrons. The number of carbonyl (C=O) groups excluding carboxylic acids is 1. The lowest BCUT2D eigenvalue weighted by Gasteiger charge is -2.11. The third-order valence-corrected chi connectivity index (χ3v) is 3.83. The summed E-state index contributed by atoms with van der Waals surface area (Å²) in [6, 6.07) is 11.0. The Morgan fingerprint density at radius 1 is 1.05 bits per heavy atom. The molecule has 0 bridgehead atoms. The summed E-state index contributed by atoms with van der Waals surface area (Å²) >= 11 is 12.1. The Morgan fingerprint density at radius 2 is 1.81 bits per heavy atom. The molecule has 1 amide bonds. The van der Waals surface area contributed by atoms with Crippen LogP contribution in [0.2, 0.25) is 10.0 Å². The SMILES string of the molecule is Cc1ccc(NC(=O)CNc2cccc(Cl)c2C)c(Cl)c1. The van der Waals surface area contributed by atoms with Gasteiger partial charge in [0.05, 0.1) is 17.3 Å². The van der Waals surface area contributed by atoms with E-state index < -0.39 is 0 Å². The second kappa shape index (κ2) is 6.83. The summed E-state index contributed by atoms with van der Waals surface area (Å²) in [7, 11) is 0. The van der Waals surface area contributed by atoms with Crippen LogP contribution in [0.5, 0.6) is 0 Å².